The highest BCUT2D eigenvalue weighted by molar-refractivity contribution is 5.98. The van der Waals surface area contributed by atoms with Gasteiger partial charge in [-0.1, -0.05) is 12.1 Å². The van der Waals surface area contributed by atoms with E-state index in [1.807, 2.05) is 0 Å². The van der Waals surface area contributed by atoms with E-state index in [1.165, 1.54) is 0 Å². The van der Waals surface area contributed by atoms with Crippen molar-refractivity contribution >= 4 is 23.7 Å². The highest BCUT2D eigenvalue weighted by Gasteiger charge is 2.27. The van der Waals surface area contributed by atoms with Crippen LogP contribution in [-0.4, -0.2) is 53.2 Å². The lowest BCUT2D eigenvalue weighted by Crippen LogP contribution is -2.35. The highest BCUT2D eigenvalue weighted by atomic mass is 16.5. The number of esters is 1. The fourth-order valence-electron chi connectivity index (χ4n) is 3.04. The summed E-state index contributed by atoms with van der Waals surface area (Å²) in [6.45, 7) is 1.25. The predicted octanol–water partition coefficient (Wildman–Crippen LogP) is 1.11. The summed E-state index contributed by atoms with van der Waals surface area (Å²) in [7, 11) is 0. The van der Waals surface area contributed by atoms with Gasteiger partial charge in [-0.3, -0.25) is 19.3 Å². The van der Waals surface area contributed by atoms with Gasteiger partial charge in [-0.2, -0.15) is 0 Å². The van der Waals surface area contributed by atoms with Crippen molar-refractivity contribution in [2.45, 2.75) is 32.2 Å². The second kappa shape index (κ2) is 7.46. The van der Waals surface area contributed by atoms with Crippen molar-refractivity contribution in [2.24, 2.45) is 0 Å². The van der Waals surface area contributed by atoms with E-state index in [0.29, 0.717) is 37.9 Å². The van der Waals surface area contributed by atoms with Gasteiger partial charge in [0.2, 0.25) is 11.8 Å². The van der Waals surface area contributed by atoms with Gasteiger partial charge in [0.25, 0.3) is 5.91 Å². The number of carbonyl (C=O) groups is 4. The van der Waals surface area contributed by atoms with Crippen molar-refractivity contribution in [2.75, 3.05) is 19.7 Å². The molecule has 0 bridgehead atoms. The average molecular weight is 344 g/mol. The van der Waals surface area contributed by atoms with Gasteiger partial charge in [-0.25, -0.2) is 4.79 Å². The maximum absolute atomic E-state index is 12.0. The van der Waals surface area contributed by atoms with Crippen molar-refractivity contribution in [3.63, 3.8) is 0 Å². The number of imide groups is 1. The van der Waals surface area contributed by atoms with E-state index in [-0.39, 0.29) is 11.8 Å². The van der Waals surface area contributed by atoms with E-state index in [0.717, 1.165) is 23.4 Å². The summed E-state index contributed by atoms with van der Waals surface area (Å²) in [4.78, 5) is 49.9. The number of carbonyl (C=O) groups excluding carboxylic acids is 4. The standard InChI is InChI=1S/C18H20N2O5/c21-15-3-1-9-19(15)11-13-5-7-14(8-6-13)18(24)25-12-17(23)20-10-2-4-16(20)22/h5-8H,1-4,9-12H2. The van der Waals surface area contributed by atoms with Crippen LogP contribution in [0.15, 0.2) is 24.3 Å². The second-order valence-electron chi connectivity index (χ2n) is 6.23. The number of hydrogen-bond donors (Lipinski definition) is 0. The topological polar surface area (TPSA) is 84.0 Å². The third kappa shape index (κ3) is 4.04. The number of nitrogens with zero attached hydrogens (tertiary/aromatic N) is 2. The Hall–Kier alpha value is -2.70. The lowest BCUT2D eigenvalue weighted by molar-refractivity contribution is -0.144. The normalized spacial score (nSPS) is 17.3. The van der Waals surface area contributed by atoms with Crippen molar-refractivity contribution < 1.29 is 23.9 Å². The zero-order valence-corrected chi connectivity index (χ0v) is 13.9. The number of rotatable bonds is 5. The Morgan fingerprint density at radius 1 is 0.960 bits per heavy atom. The third-order valence-corrected chi connectivity index (χ3v) is 4.44. The third-order valence-electron chi connectivity index (χ3n) is 4.44. The molecule has 1 aromatic rings. The Labute approximate surface area is 145 Å². The minimum atomic E-state index is -0.608. The SMILES string of the molecule is O=C(OCC(=O)N1CCCC1=O)c1ccc(CN2CCCC2=O)cc1. The summed E-state index contributed by atoms with van der Waals surface area (Å²) in [6.07, 6.45) is 2.49. The van der Waals surface area contributed by atoms with Gasteiger partial charge in [0.05, 0.1) is 5.56 Å². The van der Waals surface area contributed by atoms with Crippen LogP contribution < -0.4 is 0 Å². The molecule has 0 N–H and O–H groups in total. The second-order valence-corrected chi connectivity index (χ2v) is 6.23. The fourth-order valence-corrected chi connectivity index (χ4v) is 3.04. The fraction of sp³-hybridized carbons (Fsp3) is 0.444. The molecule has 2 aliphatic rings. The van der Waals surface area contributed by atoms with Gasteiger partial charge in [-0.15, -0.1) is 0 Å². The number of ether oxygens (including phenoxy) is 1. The molecule has 0 unspecified atom stereocenters. The smallest absolute Gasteiger partial charge is 0.338 e. The summed E-state index contributed by atoms with van der Waals surface area (Å²) < 4.78 is 4.99. The summed E-state index contributed by atoms with van der Waals surface area (Å²) in [5.41, 5.74) is 1.27. The number of hydrogen-bond acceptors (Lipinski definition) is 5. The van der Waals surface area contributed by atoms with Gasteiger partial charge in [0.15, 0.2) is 6.61 Å². The van der Waals surface area contributed by atoms with Crippen LogP contribution in [0.3, 0.4) is 0 Å². The van der Waals surface area contributed by atoms with Crippen molar-refractivity contribution in [3.8, 4) is 0 Å². The van der Waals surface area contributed by atoms with E-state index in [2.05, 4.69) is 0 Å². The summed E-state index contributed by atoms with van der Waals surface area (Å²) in [5, 5.41) is 0. The van der Waals surface area contributed by atoms with E-state index >= 15 is 0 Å². The van der Waals surface area contributed by atoms with Crippen LogP contribution >= 0.6 is 0 Å². The van der Waals surface area contributed by atoms with E-state index in [4.69, 9.17) is 4.74 Å². The molecular weight excluding hydrogens is 324 g/mol. The molecule has 7 nitrogen and oxygen atoms in total. The maximum Gasteiger partial charge on any atom is 0.338 e. The van der Waals surface area contributed by atoms with Crippen LogP contribution in [0.4, 0.5) is 0 Å². The largest absolute Gasteiger partial charge is 0.452 e. The first-order chi connectivity index (χ1) is 12.0. The molecule has 0 saturated carbocycles. The molecule has 3 amide bonds. The Bertz CT molecular complexity index is 698. The summed E-state index contributed by atoms with van der Waals surface area (Å²) >= 11 is 0. The minimum Gasteiger partial charge on any atom is -0.452 e. The molecule has 2 heterocycles. The van der Waals surface area contributed by atoms with Crippen LogP contribution in [0.5, 0.6) is 0 Å². The first-order valence-corrected chi connectivity index (χ1v) is 8.41. The van der Waals surface area contributed by atoms with Crippen molar-refractivity contribution in [1.29, 1.82) is 0 Å². The lowest BCUT2D eigenvalue weighted by atomic mass is 10.1. The summed E-state index contributed by atoms with van der Waals surface area (Å²) in [6, 6.07) is 6.77. The van der Waals surface area contributed by atoms with Crippen LogP contribution in [0.1, 0.15) is 41.6 Å². The molecule has 0 spiro atoms. The molecule has 0 aliphatic carbocycles. The zero-order valence-electron chi connectivity index (χ0n) is 13.9. The molecular formula is C18H20N2O5. The van der Waals surface area contributed by atoms with E-state index in [9.17, 15) is 19.2 Å². The molecule has 0 aromatic heterocycles. The number of benzene rings is 1. The van der Waals surface area contributed by atoms with Crippen molar-refractivity contribution in [3.05, 3.63) is 35.4 Å². The van der Waals surface area contributed by atoms with Gasteiger partial charge in [-0.05, 0) is 30.5 Å². The lowest BCUT2D eigenvalue weighted by Gasteiger charge is -2.15. The molecule has 25 heavy (non-hydrogen) atoms. The molecule has 2 saturated heterocycles. The highest BCUT2D eigenvalue weighted by Crippen LogP contribution is 2.15. The summed E-state index contributed by atoms with van der Waals surface area (Å²) in [5.74, 6) is -1.16. The van der Waals surface area contributed by atoms with Crippen LogP contribution in [-0.2, 0) is 25.7 Å². The molecule has 2 aliphatic heterocycles. The molecule has 7 heteroatoms. The minimum absolute atomic E-state index is 0.151. The Morgan fingerprint density at radius 2 is 1.64 bits per heavy atom. The monoisotopic (exact) mass is 344 g/mol. The molecule has 132 valence electrons. The van der Waals surface area contributed by atoms with Crippen molar-refractivity contribution in [1.82, 2.24) is 9.80 Å². The van der Waals surface area contributed by atoms with Gasteiger partial charge in [0.1, 0.15) is 0 Å². The molecule has 1 aromatic carbocycles. The molecule has 2 fully saturated rings. The van der Waals surface area contributed by atoms with Crippen LogP contribution in [0, 0.1) is 0 Å². The zero-order chi connectivity index (χ0) is 17.8. The quantitative estimate of drug-likeness (QED) is 0.747. The van der Waals surface area contributed by atoms with Gasteiger partial charge in [0, 0.05) is 32.5 Å². The van der Waals surface area contributed by atoms with E-state index in [1.54, 1.807) is 29.2 Å². The number of likely N-dealkylation sites (tertiary alicyclic amines) is 2. The maximum atomic E-state index is 12.0. The number of amides is 3. The van der Waals surface area contributed by atoms with E-state index < -0.39 is 18.5 Å². The van der Waals surface area contributed by atoms with Gasteiger partial charge < -0.3 is 9.64 Å². The average Bonchev–Trinajstić information content (AvgIpc) is 3.22. The first kappa shape index (κ1) is 17.1. The van der Waals surface area contributed by atoms with Crippen LogP contribution in [0.2, 0.25) is 0 Å². The predicted molar refractivity (Wildman–Crippen MR) is 87.3 cm³/mol. The molecule has 0 radical (unpaired) electrons. The Morgan fingerprint density at radius 3 is 2.24 bits per heavy atom. The molecule has 3 rings (SSSR count). The first-order valence-electron chi connectivity index (χ1n) is 8.41. The molecule has 0 atom stereocenters. The van der Waals surface area contributed by atoms with Gasteiger partial charge >= 0.3 is 5.97 Å². The Balaban J connectivity index is 1.51. The van der Waals surface area contributed by atoms with Crippen LogP contribution in [0.25, 0.3) is 0 Å². The Kier molecular flexibility index (Phi) is 5.11.